The highest BCUT2D eigenvalue weighted by atomic mass is 32.2. The van der Waals surface area contributed by atoms with Gasteiger partial charge >= 0.3 is 6.43 Å². The minimum absolute atomic E-state index is 0.0828. The third-order valence-electron chi connectivity index (χ3n) is 3.86. The minimum atomic E-state index is -3.80. The molecule has 0 fully saturated rings. The lowest BCUT2D eigenvalue weighted by molar-refractivity contribution is 0.0128. The third kappa shape index (κ3) is 4.75. The molecule has 3 aromatic rings. The first-order valence-corrected chi connectivity index (χ1v) is 10.8. The SMILES string of the molecule is CCS(=O)(=O)N(Cc1ncc(-c2nnc(C(F)F)o2)s1)c1ccc(C(C)(F)F)nc1. The summed E-state index contributed by atoms with van der Waals surface area (Å²) in [5.74, 6) is -4.43. The lowest BCUT2D eigenvalue weighted by atomic mass is 10.2. The molecular formula is C16H15F4N5O3S2. The van der Waals surface area contributed by atoms with Gasteiger partial charge in [0.1, 0.15) is 15.6 Å². The maximum Gasteiger partial charge on any atom is 0.314 e. The molecule has 0 aliphatic rings. The van der Waals surface area contributed by atoms with E-state index in [4.69, 9.17) is 4.42 Å². The molecule has 0 spiro atoms. The van der Waals surface area contributed by atoms with Crippen LogP contribution in [0.25, 0.3) is 10.8 Å². The fourth-order valence-corrected chi connectivity index (χ4v) is 4.30. The van der Waals surface area contributed by atoms with E-state index in [1.54, 1.807) is 0 Å². The number of alkyl halides is 4. The van der Waals surface area contributed by atoms with E-state index in [2.05, 4.69) is 20.2 Å². The summed E-state index contributed by atoms with van der Waals surface area (Å²) >= 11 is 0.969. The summed E-state index contributed by atoms with van der Waals surface area (Å²) in [4.78, 5) is 8.00. The van der Waals surface area contributed by atoms with E-state index in [0.717, 1.165) is 27.9 Å². The molecule has 0 saturated heterocycles. The molecule has 0 bridgehead atoms. The van der Waals surface area contributed by atoms with Crippen LogP contribution < -0.4 is 4.31 Å². The summed E-state index contributed by atoms with van der Waals surface area (Å²) in [6, 6.07) is 2.28. The second-order valence-electron chi connectivity index (χ2n) is 6.06. The molecule has 0 unspecified atom stereocenters. The van der Waals surface area contributed by atoms with Gasteiger partial charge in [-0.05, 0) is 19.1 Å². The Morgan fingerprint density at radius 1 is 1.20 bits per heavy atom. The predicted molar refractivity (Wildman–Crippen MR) is 99.8 cm³/mol. The van der Waals surface area contributed by atoms with Crippen LogP contribution in [-0.2, 0) is 22.5 Å². The number of hydrogen-bond donors (Lipinski definition) is 0. The molecule has 8 nitrogen and oxygen atoms in total. The fourth-order valence-electron chi connectivity index (χ4n) is 2.33. The number of rotatable bonds is 8. The highest BCUT2D eigenvalue weighted by Gasteiger charge is 2.28. The van der Waals surface area contributed by atoms with Crippen molar-refractivity contribution in [3.63, 3.8) is 0 Å². The van der Waals surface area contributed by atoms with Crippen LogP contribution in [0.3, 0.4) is 0 Å². The number of pyridine rings is 1. The molecule has 0 aromatic carbocycles. The zero-order valence-electron chi connectivity index (χ0n) is 15.6. The normalized spacial score (nSPS) is 12.5. The summed E-state index contributed by atoms with van der Waals surface area (Å²) in [6.45, 7) is 1.89. The zero-order chi connectivity index (χ0) is 22.1. The topological polar surface area (TPSA) is 102 Å². The van der Waals surface area contributed by atoms with Crippen LogP contribution in [0.4, 0.5) is 23.2 Å². The van der Waals surface area contributed by atoms with Gasteiger partial charge in [-0.2, -0.15) is 17.6 Å². The van der Waals surface area contributed by atoms with Crippen LogP contribution in [0.5, 0.6) is 0 Å². The average Bonchev–Trinajstić information content (AvgIpc) is 3.35. The molecule has 162 valence electrons. The monoisotopic (exact) mass is 465 g/mol. The molecule has 3 rings (SSSR count). The number of anilines is 1. The quantitative estimate of drug-likeness (QED) is 0.464. The van der Waals surface area contributed by atoms with E-state index in [9.17, 15) is 26.0 Å². The number of aromatic nitrogens is 4. The van der Waals surface area contributed by atoms with E-state index in [0.29, 0.717) is 11.9 Å². The van der Waals surface area contributed by atoms with Crippen molar-refractivity contribution in [2.24, 2.45) is 0 Å². The van der Waals surface area contributed by atoms with Gasteiger partial charge in [-0.3, -0.25) is 9.29 Å². The molecule has 0 radical (unpaired) electrons. The van der Waals surface area contributed by atoms with Gasteiger partial charge < -0.3 is 4.42 Å². The van der Waals surface area contributed by atoms with Crippen molar-refractivity contribution < 1.29 is 30.4 Å². The number of sulfonamides is 1. The standard InChI is InChI=1S/C16H15F4N5O3S2/c1-3-30(26,27)25(9-4-5-11(21-6-9)16(2,19)20)8-12-22-7-10(29-12)14-23-24-15(28-14)13(17)18/h4-7,13H,3,8H2,1-2H3. The van der Waals surface area contributed by atoms with Crippen molar-refractivity contribution in [3.05, 3.63) is 41.1 Å². The van der Waals surface area contributed by atoms with Gasteiger partial charge in [0.05, 0.1) is 30.4 Å². The smallest absolute Gasteiger partial charge is 0.314 e. The van der Waals surface area contributed by atoms with E-state index >= 15 is 0 Å². The molecule has 0 aliphatic carbocycles. The molecule has 0 N–H and O–H groups in total. The third-order valence-corrected chi connectivity index (χ3v) is 6.57. The molecule has 3 heterocycles. The maximum atomic E-state index is 13.4. The Morgan fingerprint density at radius 2 is 1.93 bits per heavy atom. The summed E-state index contributed by atoms with van der Waals surface area (Å²) in [7, 11) is -3.80. The molecule has 3 aromatic heterocycles. The van der Waals surface area contributed by atoms with Crippen LogP contribution in [-0.4, -0.2) is 34.3 Å². The number of thiazole rings is 1. The highest BCUT2D eigenvalue weighted by Crippen LogP contribution is 2.31. The predicted octanol–water partition coefficient (Wildman–Crippen LogP) is 3.99. The summed E-state index contributed by atoms with van der Waals surface area (Å²) in [5.41, 5.74) is -0.415. The summed E-state index contributed by atoms with van der Waals surface area (Å²) in [5, 5.41) is 7.04. The van der Waals surface area contributed by atoms with Gasteiger partial charge in [-0.15, -0.1) is 21.5 Å². The Hall–Kier alpha value is -2.61. The van der Waals surface area contributed by atoms with Crippen molar-refractivity contribution >= 4 is 27.0 Å². The number of hydrogen-bond acceptors (Lipinski definition) is 8. The Balaban J connectivity index is 1.89. The summed E-state index contributed by atoms with van der Waals surface area (Å²) in [6.07, 6.45) is -0.588. The Morgan fingerprint density at radius 3 is 2.47 bits per heavy atom. The van der Waals surface area contributed by atoms with Crippen molar-refractivity contribution in [3.8, 4) is 10.8 Å². The van der Waals surface area contributed by atoms with Gasteiger partial charge in [-0.1, -0.05) is 0 Å². The largest absolute Gasteiger partial charge is 0.414 e. The van der Waals surface area contributed by atoms with Gasteiger partial charge in [0.25, 0.3) is 17.7 Å². The first-order valence-electron chi connectivity index (χ1n) is 8.42. The lowest BCUT2D eigenvalue weighted by Crippen LogP contribution is -2.32. The van der Waals surface area contributed by atoms with Gasteiger partial charge in [-0.25, -0.2) is 13.4 Å². The maximum absolute atomic E-state index is 13.4. The van der Waals surface area contributed by atoms with E-state index in [1.165, 1.54) is 19.2 Å². The van der Waals surface area contributed by atoms with Crippen LogP contribution in [0, 0.1) is 0 Å². The van der Waals surface area contributed by atoms with Crippen molar-refractivity contribution in [1.29, 1.82) is 0 Å². The van der Waals surface area contributed by atoms with E-state index in [1.807, 2.05) is 0 Å². The number of halogens is 4. The second kappa shape index (κ2) is 8.26. The first-order chi connectivity index (χ1) is 14.0. The average molecular weight is 465 g/mol. The molecule has 0 saturated carbocycles. The van der Waals surface area contributed by atoms with Crippen molar-refractivity contribution in [2.45, 2.75) is 32.7 Å². The van der Waals surface area contributed by atoms with Crippen LogP contribution in [0.15, 0.2) is 28.9 Å². The second-order valence-corrected chi connectivity index (χ2v) is 9.36. The van der Waals surface area contributed by atoms with Gasteiger partial charge in [0, 0.05) is 6.92 Å². The van der Waals surface area contributed by atoms with Crippen molar-refractivity contribution in [2.75, 3.05) is 10.1 Å². The molecule has 30 heavy (non-hydrogen) atoms. The molecule has 14 heteroatoms. The Kier molecular flexibility index (Phi) is 6.08. The molecule has 0 aliphatic heterocycles. The fraction of sp³-hybridized carbons (Fsp3) is 0.375. The van der Waals surface area contributed by atoms with Crippen molar-refractivity contribution in [1.82, 2.24) is 20.2 Å². The summed E-state index contributed by atoms with van der Waals surface area (Å²) < 4.78 is 82.9. The Bertz CT molecular complexity index is 1110. The molecular weight excluding hydrogens is 450 g/mol. The highest BCUT2D eigenvalue weighted by molar-refractivity contribution is 7.92. The van der Waals surface area contributed by atoms with Crippen LogP contribution in [0.2, 0.25) is 0 Å². The lowest BCUT2D eigenvalue weighted by Gasteiger charge is -2.23. The van der Waals surface area contributed by atoms with Gasteiger partial charge in [0.2, 0.25) is 10.0 Å². The molecule has 0 amide bonds. The van der Waals surface area contributed by atoms with Crippen LogP contribution >= 0.6 is 11.3 Å². The van der Waals surface area contributed by atoms with Crippen LogP contribution in [0.1, 0.15) is 36.9 Å². The minimum Gasteiger partial charge on any atom is -0.414 e. The first kappa shape index (κ1) is 22.1. The van der Waals surface area contributed by atoms with E-state index < -0.39 is 34.0 Å². The van der Waals surface area contributed by atoms with E-state index in [-0.39, 0.29) is 28.8 Å². The Labute approximate surface area is 172 Å². The number of nitrogens with zero attached hydrogens (tertiary/aromatic N) is 5. The zero-order valence-corrected chi connectivity index (χ0v) is 17.2. The van der Waals surface area contributed by atoms with Gasteiger partial charge in [0.15, 0.2) is 0 Å². The molecule has 0 atom stereocenters.